The zero-order valence-electron chi connectivity index (χ0n) is 10.4. The molecule has 0 spiro atoms. The van der Waals surface area contributed by atoms with Gasteiger partial charge in [-0.2, -0.15) is 5.10 Å². The highest BCUT2D eigenvalue weighted by molar-refractivity contribution is 5.62. The van der Waals surface area contributed by atoms with Crippen LogP contribution in [0.3, 0.4) is 0 Å². The number of aromatic nitrogens is 2. The molecular formula is C14H19N3. The number of nitrogens with one attached hydrogen (secondary N) is 1. The van der Waals surface area contributed by atoms with Crippen molar-refractivity contribution in [3.8, 4) is 11.3 Å². The normalized spacial score (nSPS) is 12.6. The number of benzene rings is 1. The summed E-state index contributed by atoms with van der Waals surface area (Å²) in [4.78, 5) is 0. The Kier molecular flexibility index (Phi) is 3.59. The zero-order valence-corrected chi connectivity index (χ0v) is 10.4. The summed E-state index contributed by atoms with van der Waals surface area (Å²) >= 11 is 0. The number of hydrogen-bond donors (Lipinski definition) is 2. The van der Waals surface area contributed by atoms with Gasteiger partial charge in [-0.1, -0.05) is 36.8 Å². The number of aromatic amines is 1. The summed E-state index contributed by atoms with van der Waals surface area (Å²) < 4.78 is 0. The Bertz CT molecular complexity index is 470. The molecule has 0 amide bonds. The first-order chi connectivity index (χ1) is 8.20. The summed E-state index contributed by atoms with van der Waals surface area (Å²) in [5.41, 5.74) is 10.7. The molecule has 1 heterocycles. The molecule has 1 aromatic carbocycles. The Morgan fingerprint density at radius 1 is 1.29 bits per heavy atom. The van der Waals surface area contributed by atoms with Gasteiger partial charge >= 0.3 is 0 Å². The Hall–Kier alpha value is -1.61. The van der Waals surface area contributed by atoms with Crippen LogP contribution in [-0.2, 0) is 6.42 Å². The number of nitrogens with two attached hydrogens (primary N) is 1. The molecule has 0 aliphatic carbocycles. The van der Waals surface area contributed by atoms with Crippen LogP contribution in [0.5, 0.6) is 0 Å². The lowest BCUT2D eigenvalue weighted by atomic mass is 10.0. The number of aryl methyl sites for hydroxylation is 1. The van der Waals surface area contributed by atoms with Gasteiger partial charge in [0.25, 0.3) is 0 Å². The lowest BCUT2D eigenvalue weighted by Gasteiger charge is -2.09. The van der Waals surface area contributed by atoms with Gasteiger partial charge in [0.05, 0.1) is 11.9 Å². The summed E-state index contributed by atoms with van der Waals surface area (Å²) in [6.07, 6.45) is 3.74. The number of nitrogens with zero attached hydrogens (tertiary/aromatic N) is 1. The second-order valence-electron chi connectivity index (χ2n) is 4.51. The second-order valence-corrected chi connectivity index (χ2v) is 4.51. The highest BCUT2D eigenvalue weighted by Gasteiger charge is 2.10. The van der Waals surface area contributed by atoms with Crippen LogP contribution in [0.2, 0.25) is 0 Å². The van der Waals surface area contributed by atoms with Crippen LogP contribution in [0.1, 0.15) is 24.5 Å². The van der Waals surface area contributed by atoms with Crippen molar-refractivity contribution in [3.63, 3.8) is 0 Å². The Labute approximate surface area is 102 Å². The predicted octanol–water partition coefficient (Wildman–Crippen LogP) is 2.66. The molecule has 0 aliphatic rings. The lowest BCUT2D eigenvalue weighted by molar-refractivity contribution is 0.647. The van der Waals surface area contributed by atoms with E-state index in [1.54, 1.807) is 0 Å². The van der Waals surface area contributed by atoms with Gasteiger partial charge in [-0.05, 0) is 30.9 Å². The van der Waals surface area contributed by atoms with Crippen LogP contribution >= 0.6 is 0 Å². The molecule has 2 aromatic rings. The molecule has 0 aliphatic heterocycles. The van der Waals surface area contributed by atoms with E-state index < -0.39 is 0 Å². The van der Waals surface area contributed by atoms with Gasteiger partial charge in [-0.25, -0.2) is 0 Å². The molecule has 0 bridgehead atoms. The third kappa shape index (κ3) is 2.74. The molecule has 3 heteroatoms. The van der Waals surface area contributed by atoms with E-state index in [1.807, 2.05) is 6.20 Å². The minimum Gasteiger partial charge on any atom is -0.327 e. The number of H-pyrrole nitrogens is 1. The van der Waals surface area contributed by atoms with E-state index in [9.17, 15) is 0 Å². The van der Waals surface area contributed by atoms with Gasteiger partial charge in [0.1, 0.15) is 0 Å². The SMILES string of the molecule is CCC(N)Cc1cn[nH]c1-c1ccc(C)cc1. The highest BCUT2D eigenvalue weighted by atomic mass is 15.1. The van der Waals surface area contributed by atoms with Crippen LogP contribution in [0.25, 0.3) is 11.3 Å². The minimum absolute atomic E-state index is 0.205. The molecule has 1 unspecified atom stereocenters. The summed E-state index contributed by atoms with van der Waals surface area (Å²) in [5, 5.41) is 7.19. The van der Waals surface area contributed by atoms with Crippen molar-refractivity contribution in [3.05, 3.63) is 41.6 Å². The summed E-state index contributed by atoms with van der Waals surface area (Å²) in [7, 11) is 0. The van der Waals surface area contributed by atoms with Gasteiger partial charge in [0.2, 0.25) is 0 Å². The first-order valence-corrected chi connectivity index (χ1v) is 6.05. The number of hydrogen-bond acceptors (Lipinski definition) is 2. The molecule has 1 aromatic heterocycles. The molecule has 1 atom stereocenters. The van der Waals surface area contributed by atoms with E-state index in [0.717, 1.165) is 18.5 Å². The van der Waals surface area contributed by atoms with E-state index in [1.165, 1.54) is 16.7 Å². The topological polar surface area (TPSA) is 54.7 Å². The maximum atomic E-state index is 5.99. The van der Waals surface area contributed by atoms with Gasteiger partial charge in [0.15, 0.2) is 0 Å². The van der Waals surface area contributed by atoms with Crippen LogP contribution < -0.4 is 5.73 Å². The standard InChI is InChI=1S/C14H19N3/c1-3-13(15)8-12-9-16-17-14(12)11-6-4-10(2)5-7-11/h4-7,9,13H,3,8,15H2,1-2H3,(H,16,17). The van der Waals surface area contributed by atoms with Crippen LogP contribution in [-0.4, -0.2) is 16.2 Å². The highest BCUT2D eigenvalue weighted by Crippen LogP contribution is 2.22. The molecule has 3 nitrogen and oxygen atoms in total. The van der Waals surface area contributed by atoms with Gasteiger partial charge in [0, 0.05) is 6.04 Å². The summed E-state index contributed by atoms with van der Waals surface area (Å²) in [6, 6.07) is 8.66. The Morgan fingerprint density at radius 2 is 2.00 bits per heavy atom. The lowest BCUT2D eigenvalue weighted by Crippen LogP contribution is -2.21. The van der Waals surface area contributed by atoms with Crippen molar-refractivity contribution in [2.75, 3.05) is 0 Å². The van der Waals surface area contributed by atoms with Crippen molar-refractivity contribution < 1.29 is 0 Å². The fourth-order valence-electron chi connectivity index (χ4n) is 1.86. The van der Waals surface area contributed by atoms with E-state index in [2.05, 4.69) is 48.3 Å². The van der Waals surface area contributed by atoms with Crippen molar-refractivity contribution in [1.29, 1.82) is 0 Å². The molecule has 0 saturated carbocycles. The first kappa shape index (κ1) is 11.9. The largest absolute Gasteiger partial charge is 0.327 e. The van der Waals surface area contributed by atoms with Crippen LogP contribution in [0.4, 0.5) is 0 Å². The predicted molar refractivity (Wildman–Crippen MR) is 70.7 cm³/mol. The van der Waals surface area contributed by atoms with Gasteiger partial charge in [-0.15, -0.1) is 0 Å². The maximum Gasteiger partial charge on any atom is 0.0682 e. The van der Waals surface area contributed by atoms with Gasteiger partial charge < -0.3 is 5.73 Å². The third-order valence-corrected chi connectivity index (χ3v) is 3.06. The summed E-state index contributed by atoms with van der Waals surface area (Å²) in [6.45, 7) is 4.20. The maximum absolute atomic E-state index is 5.99. The summed E-state index contributed by atoms with van der Waals surface area (Å²) in [5.74, 6) is 0. The van der Waals surface area contributed by atoms with Crippen LogP contribution in [0.15, 0.2) is 30.5 Å². The molecule has 0 fully saturated rings. The second kappa shape index (κ2) is 5.15. The Balaban J connectivity index is 2.27. The molecular weight excluding hydrogens is 210 g/mol. The van der Waals surface area contributed by atoms with Crippen molar-refractivity contribution >= 4 is 0 Å². The van der Waals surface area contributed by atoms with Crippen molar-refractivity contribution in [2.24, 2.45) is 5.73 Å². The van der Waals surface area contributed by atoms with E-state index in [-0.39, 0.29) is 6.04 Å². The molecule has 17 heavy (non-hydrogen) atoms. The fraction of sp³-hybridized carbons (Fsp3) is 0.357. The third-order valence-electron chi connectivity index (χ3n) is 3.06. The number of rotatable bonds is 4. The smallest absolute Gasteiger partial charge is 0.0682 e. The molecule has 0 radical (unpaired) electrons. The van der Waals surface area contributed by atoms with Crippen molar-refractivity contribution in [1.82, 2.24) is 10.2 Å². The van der Waals surface area contributed by atoms with Crippen molar-refractivity contribution in [2.45, 2.75) is 32.7 Å². The average molecular weight is 229 g/mol. The van der Waals surface area contributed by atoms with E-state index in [4.69, 9.17) is 5.73 Å². The van der Waals surface area contributed by atoms with E-state index in [0.29, 0.717) is 0 Å². The minimum atomic E-state index is 0.205. The monoisotopic (exact) mass is 229 g/mol. The fourth-order valence-corrected chi connectivity index (χ4v) is 1.86. The van der Waals surface area contributed by atoms with E-state index >= 15 is 0 Å². The average Bonchev–Trinajstić information content (AvgIpc) is 2.78. The van der Waals surface area contributed by atoms with Gasteiger partial charge in [-0.3, -0.25) is 5.10 Å². The first-order valence-electron chi connectivity index (χ1n) is 6.05. The Morgan fingerprint density at radius 3 is 2.65 bits per heavy atom. The zero-order chi connectivity index (χ0) is 12.3. The van der Waals surface area contributed by atoms with Crippen LogP contribution in [0, 0.1) is 6.92 Å². The quantitative estimate of drug-likeness (QED) is 0.846. The molecule has 90 valence electrons. The molecule has 3 N–H and O–H groups in total. The molecule has 0 saturated heterocycles. The molecule has 2 rings (SSSR count).